The van der Waals surface area contributed by atoms with Crippen molar-refractivity contribution < 1.29 is 9.53 Å². The largest absolute Gasteiger partial charge is 0.412 e. The van der Waals surface area contributed by atoms with Crippen LogP contribution in [0.15, 0.2) is 48.7 Å². The van der Waals surface area contributed by atoms with Crippen LogP contribution in [0.3, 0.4) is 0 Å². The first-order chi connectivity index (χ1) is 8.75. The number of nitrogens with one attached hydrogen (secondary N) is 1. The molecule has 0 saturated heterocycles. The third kappa shape index (κ3) is 3.31. The number of para-hydroxylation sites is 1. The molecule has 4 heteroatoms. The first-order valence-electron chi connectivity index (χ1n) is 5.67. The Kier molecular flexibility index (Phi) is 3.91. The van der Waals surface area contributed by atoms with Crippen molar-refractivity contribution in [2.24, 2.45) is 0 Å². The van der Waals surface area contributed by atoms with Crippen molar-refractivity contribution in [1.29, 1.82) is 0 Å². The third-order valence-corrected chi connectivity index (χ3v) is 2.47. The second-order valence-electron chi connectivity index (χ2n) is 3.82. The maximum atomic E-state index is 11.5. The zero-order valence-corrected chi connectivity index (χ0v) is 10.1. The Morgan fingerprint density at radius 1 is 1.22 bits per heavy atom. The van der Waals surface area contributed by atoms with Crippen molar-refractivity contribution in [3.05, 3.63) is 59.9 Å². The highest BCUT2D eigenvalue weighted by atomic mass is 16.5. The molecule has 0 bridgehead atoms. The number of rotatable bonds is 3. The van der Waals surface area contributed by atoms with Crippen LogP contribution < -0.4 is 10.1 Å². The van der Waals surface area contributed by atoms with Gasteiger partial charge in [-0.1, -0.05) is 24.3 Å². The molecule has 0 radical (unpaired) electrons. The second-order valence-corrected chi connectivity index (χ2v) is 3.82. The molecule has 0 spiro atoms. The summed E-state index contributed by atoms with van der Waals surface area (Å²) in [6, 6.07) is 12.8. The molecule has 1 aromatic heterocycles. The Morgan fingerprint density at radius 2 is 2.00 bits per heavy atom. The SMILES string of the molecule is Cc1cccnc1CNC(=O)Oc1ccccc1. The molecule has 0 aliphatic heterocycles. The second kappa shape index (κ2) is 5.82. The van der Waals surface area contributed by atoms with Crippen molar-refractivity contribution in [2.45, 2.75) is 13.5 Å². The summed E-state index contributed by atoms with van der Waals surface area (Å²) in [4.78, 5) is 15.7. The van der Waals surface area contributed by atoms with E-state index in [0.717, 1.165) is 11.3 Å². The number of hydrogen-bond acceptors (Lipinski definition) is 3. The van der Waals surface area contributed by atoms with Crippen molar-refractivity contribution >= 4 is 6.09 Å². The molecule has 2 aromatic rings. The van der Waals surface area contributed by atoms with E-state index in [4.69, 9.17) is 4.74 Å². The van der Waals surface area contributed by atoms with Gasteiger partial charge in [0.25, 0.3) is 0 Å². The minimum atomic E-state index is -0.480. The molecule has 0 aliphatic rings. The molecule has 1 aromatic carbocycles. The average molecular weight is 242 g/mol. The number of hydrogen-bond donors (Lipinski definition) is 1. The number of aromatic nitrogens is 1. The smallest absolute Gasteiger partial charge is 0.410 e. The van der Waals surface area contributed by atoms with E-state index in [1.54, 1.807) is 18.3 Å². The van der Waals surface area contributed by atoms with Gasteiger partial charge in [-0.2, -0.15) is 0 Å². The number of nitrogens with zero attached hydrogens (tertiary/aromatic N) is 1. The first-order valence-corrected chi connectivity index (χ1v) is 5.67. The maximum absolute atomic E-state index is 11.5. The Morgan fingerprint density at radius 3 is 2.72 bits per heavy atom. The summed E-state index contributed by atoms with van der Waals surface area (Å²) >= 11 is 0. The number of carbonyl (C=O) groups excluding carboxylic acids is 1. The highest BCUT2D eigenvalue weighted by Crippen LogP contribution is 2.08. The number of amides is 1. The lowest BCUT2D eigenvalue weighted by atomic mass is 10.2. The summed E-state index contributed by atoms with van der Waals surface area (Å²) in [7, 11) is 0. The Hall–Kier alpha value is -2.36. The van der Waals surface area contributed by atoms with E-state index in [1.807, 2.05) is 37.3 Å². The molecule has 0 saturated carbocycles. The lowest BCUT2D eigenvalue weighted by Crippen LogP contribution is -2.27. The van der Waals surface area contributed by atoms with Crippen LogP contribution in [0, 0.1) is 6.92 Å². The minimum Gasteiger partial charge on any atom is -0.410 e. The van der Waals surface area contributed by atoms with Crippen LogP contribution in [0.4, 0.5) is 4.79 Å². The number of pyridine rings is 1. The van der Waals surface area contributed by atoms with Gasteiger partial charge in [-0.15, -0.1) is 0 Å². The summed E-state index contributed by atoms with van der Waals surface area (Å²) in [5.74, 6) is 0.521. The predicted octanol–water partition coefficient (Wildman–Crippen LogP) is 2.68. The van der Waals surface area contributed by atoms with E-state index in [0.29, 0.717) is 12.3 Å². The van der Waals surface area contributed by atoms with Crippen LogP contribution in [-0.4, -0.2) is 11.1 Å². The van der Waals surface area contributed by atoms with Gasteiger partial charge >= 0.3 is 6.09 Å². The van der Waals surface area contributed by atoms with Gasteiger partial charge in [-0.05, 0) is 30.7 Å². The monoisotopic (exact) mass is 242 g/mol. The van der Waals surface area contributed by atoms with Crippen molar-refractivity contribution in [3.8, 4) is 5.75 Å². The highest BCUT2D eigenvalue weighted by molar-refractivity contribution is 5.70. The molecular weight excluding hydrogens is 228 g/mol. The highest BCUT2D eigenvalue weighted by Gasteiger charge is 2.05. The van der Waals surface area contributed by atoms with Crippen LogP contribution in [0.5, 0.6) is 5.75 Å². The van der Waals surface area contributed by atoms with Crippen molar-refractivity contribution in [2.75, 3.05) is 0 Å². The number of carbonyl (C=O) groups is 1. The van der Waals surface area contributed by atoms with Crippen molar-refractivity contribution in [1.82, 2.24) is 10.3 Å². The summed E-state index contributed by atoms with van der Waals surface area (Å²) in [6.45, 7) is 2.31. The van der Waals surface area contributed by atoms with E-state index in [-0.39, 0.29) is 0 Å². The summed E-state index contributed by atoms with van der Waals surface area (Å²) < 4.78 is 5.10. The Bertz CT molecular complexity index is 526. The normalized spacial score (nSPS) is 9.83. The van der Waals surface area contributed by atoms with Crippen LogP contribution in [0.2, 0.25) is 0 Å². The van der Waals surface area contributed by atoms with E-state index in [2.05, 4.69) is 10.3 Å². The molecule has 1 amide bonds. The van der Waals surface area contributed by atoms with Crippen LogP contribution in [0.1, 0.15) is 11.3 Å². The van der Waals surface area contributed by atoms with Gasteiger partial charge in [-0.25, -0.2) is 4.79 Å². The topological polar surface area (TPSA) is 51.2 Å². The van der Waals surface area contributed by atoms with E-state index in [1.165, 1.54) is 0 Å². The molecule has 2 rings (SSSR count). The van der Waals surface area contributed by atoms with Crippen LogP contribution in [0.25, 0.3) is 0 Å². The summed E-state index contributed by atoms with van der Waals surface area (Å²) in [6.07, 6.45) is 1.22. The van der Waals surface area contributed by atoms with Gasteiger partial charge in [0.1, 0.15) is 5.75 Å². The van der Waals surface area contributed by atoms with Crippen LogP contribution in [-0.2, 0) is 6.54 Å². The van der Waals surface area contributed by atoms with Gasteiger partial charge in [-0.3, -0.25) is 4.98 Å². The molecule has 92 valence electrons. The van der Waals surface area contributed by atoms with Gasteiger partial charge in [0, 0.05) is 6.20 Å². The lowest BCUT2D eigenvalue weighted by Gasteiger charge is -2.07. The van der Waals surface area contributed by atoms with Gasteiger partial charge in [0.15, 0.2) is 0 Å². The fourth-order valence-electron chi connectivity index (χ4n) is 1.49. The van der Waals surface area contributed by atoms with E-state index in [9.17, 15) is 4.79 Å². The van der Waals surface area contributed by atoms with Crippen molar-refractivity contribution in [3.63, 3.8) is 0 Å². The molecule has 1 heterocycles. The predicted molar refractivity (Wildman–Crippen MR) is 68.3 cm³/mol. The molecule has 0 fully saturated rings. The number of benzene rings is 1. The molecule has 0 unspecified atom stereocenters. The quantitative estimate of drug-likeness (QED) is 0.900. The summed E-state index contributed by atoms with van der Waals surface area (Å²) in [5, 5.41) is 2.66. The molecular formula is C14H14N2O2. The fraction of sp³-hybridized carbons (Fsp3) is 0.143. The van der Waals surface area contributed by atoms with Gasteiger partial charge in [0.05, 0.1) is 12.2 Å². The van der Waals surface area contributed by atoms with Gasteiger partial charge in [0.2, 0.25) is 0 Å². The molecule has 18 heavy (non-hydrogen) atoms. The zero-order chi connectivity index (χ0) is 12.8. The fourth-order valence-corrected chi connectivity index (χ4v) is 1.49. The lowest BCUT2D eigenvalue weighted by molar-refractivity contribution is 0.200. The molecule has 0 atom stereocenters. The summed E-state index contributed by atoms with van der Waals surface area (Å²) in [5.41, 5.74) is 1.88. The maximum Gasteiger partial charge on any atom is 0.412 e. The average Bonchev–Trinajstić information content (AvgIpc) is 2.39. The first kappa shape index (κ1) is 12.1. The third-order valence-electron chi connectivity index (χ3n) is 2.47. The Labute approximate surface area is 106 Å². The van der Waals surface area contributed by atoms with Gasteiger partial charge < -0.3 is 10.1 Å². The number of ether oxygens (including phenoxy) is 1. The zero-order valence-electron chi connectivity index (χ0n) is 10.1. The molecule has 0 aliphatic carbocycles. The minimum absolute atomic E-state index is 0.359. The standard InChI is InChI=1S/C14H14N2O2/c1-11-6-5-9-15-13(11)10-16-14(17)18-12-7-3-2-4-8-12/h2-9H,10H2,1H3,(H,16,17). The molecule has 1 N–H and O–H groups in total. The van der Waals surface area contributed by atoms with E-state index >= 15 is 0 Å². The van der Waals surface area contributed by atoms with E-state index < -0.39 is 6.09 Å². The number of aryl methyl sites for hydroxylation is 1. The molecule has 4 nitrogen and oxygen atoms in total. The van der Waals surface area contributed by atoms with Crippen LogP contribution >= 0.6 is 0 Å². The Balaban J connectivity index is 1.88.